The highest BCUT2D eigenvalue weighted by Gasteiger charge is 2.34. The van der Waals surface area contributed by atoms with Crippen molar-refractivity contribution in [3.8, 4) is 11.5 Å². The van der Waals surface area contributed by atoms with Crippen LogP contribution >= 0.6 is 0 Å². The normalized spacial score (nSPS) is 16.2. The van der Waals surface area contributed by atoms with Gasteiger partial charge in [-0.3, -0.25) is 4.79 Å². The van der Waals surface area contributed by atoms with Crippen LogP contribution in [-0.4, -0.2) is 16.5 Å². The lowest BCUT2D eigenvalue weighted by atomic mass is 9.91. The second-order valence-corrected chi connectivity index (χ2v) is 6.11. The van der Waals surface area contributed by atoms with Crippen LogP contribution in [0.1, 0.15) is 41.8 Å². The molecule has 1 aliphatic rings. The van der Waals surface area contributed by atoms with Gasteiger partial charge in [0.15, 0.2) is 5.78 Å². The van der Waals surface area contributed by atoms with Crippen molar-refractivity contribution >= 4 is 5.78 Å². The quantitative estimate of drug-likeness (QED) is 0.913. The Bertz CT molecular complexity index is 687. The number of ether oxygens (including phenoxy) is 1. The number of hydrogen-bond acceptors (Lipinski definition) is 3. The Hall–Kier alpha value is -2.29. The number of Topliss-reactive ketones (excluding diaryl/α,β-unsaturated/α-hetero) is 1. The van der Waals surface area contributed by atoms with Crippen LogP contribution in [0.3, 0.4) is 0 Å². The van der Waals surface area contributed by atoms with Gasteiger partial charge >= 0.3 is 0 Å². The maximum atomic E-state index is 12.2. The maximum absolute atomic E-state index is 12.2. The molecule has 0 unspecified atom stereocenters. The molecular formula is C18H18O3. The lowest BCUT2D eigenvalue weighted by molar-refractivity contribution is 0.0614. The molecular weight excluding hydrogens is 264 g/mol. The van der Waals surface area contributed by atoms with Crippen LogP contribution < -0.4 is 4.74 Å². The van der Waals surface area contributed by atoms with Gasteiger partial charge in [-0.25, -0.2) is 0 Å². The molecule has 0 spiro atoms. The minimum Gasteiger partial charge on any atom is -0.507 e. The third-order valence-electron chi connectivity index (χ3n) is 3.64. The van der Waals surface area contributed by atoms with Crippen molar-refractivity contribution in [3.05, 3.63) is 59.2 Å². The van der Waals surface area contributed by atoms with Crippen molar-refractivity contribution in [1.82, 2.24) is 0 Å². The first kappa shape index (κ1) is 13.7. The monoisotopic (exact) mass is 282 g/mol. The predicted molar refractivity (Wildman–Crippen MR) is 81.0 cm³/mol. The molecule has 3 rings (SSSR count). The Labute approximate surface area is 124 Å². The SMILES string of the molecule is CC1(C)CC(=O)c2c(O)cc(Cc3ccccc3)cc2O1. The van der Waals surface area contributed by atoms with Crippen LogP contribution in [0, 0.1) is 0 Å². The lowest BCUT2D eigenvalue weighted by Gasteiger charge is -2.32. The van der Waals surface area contributed by atoms with Crippen LogP contribution in [0.25, 0.3) is 0 Å². The van der Waals surface area contributed by atoms with Gasteiger partial charge in [-0.15, -0.1) is 0 Å². The summed E-state index contributed by atoms with van der Waals surface area (Å²) in [5.74, 6) is 0.436. The van der Waals surface area contributed by atoms with Gasteiger partial charge in [0.2, 0.25) is 0 Å². The number of benzene rings is 2. The number of rotatable bonds is 2. The van der Waals surface area contributed by atoms with Gasteiger partial charge in [0, 0.05) is 0 Å². The number of hydrogen-bond donors (Lipinski definition) is 1. The Morgan fingerprint density at radius 1 is 1.14 bits per heavy atom. The molecule has 0 atom stereocenters. The van der Waals surface area contributed by atoms with E-state index in [9.17, 15) is 9.90 Å². The molecule has 1 heterocycles. The average molecular weight is 282 g/mol. The number of carbonyl (C=O) groups is 1. The van der Waals surface area contributed by atoms with E-state index in [4.69, 9.17) is 4.74 Å². The van der Waals surface area contributed by atoms with E-state index in [2.05, 4.69) is 0 Å². The zero-order valence-electron chi connectivity index (χ0n) is 12.2. The molecule has 0 bridgehead atoms. The summed E-state index contributed by atoms with van der Waals surface area (Å²) < 4.78 is 5.87. The first-order chi connectivity index (χ1) is 9.94. The van der Waals surface area contributed by atoms with Gasteiger partial charge in [0.25, 0.3) is 0 Å². The van der Waals surface area contributed by atoms with Crippen molar-refractivity contribution in [1.29, 1.82) is 0 Å². The van der Waals surface area contributed by atoms with Gasteiger partial charge < -0.3 is 9.84 Å². The summed E-state index contributed by atoms with van der Waals surface area (Å²) in [6, 6.07) is 13.5. The Morgan fingerprint density at radius 2 is 1.86 bits per heavy atom. The number of ketones is 1. The summed E-state index contributed by atoms with van der Waals surface area (Å²) in [4.78, 5) is 12.2. The van der Waals surface area contributed by atoms with Crippen molar-refractivity contribution in [2.24, 2.45) is 0 Å². The molecule has 0 aliphatic carbocycles. The predicted octanol–water partition coefficient (Wildman–Crippen LogP) is 3.73. The third-order valence-corrected chi connectivity index (χ3v) is 3.64. The van der Waals surface area contributed by atoms with E-state index >= 15 is 0 Å². The van der Waals surface area contributed by atoms with E-state index in [1.807, 2.05) is 50.2 Å². The second-order valence-electron chi connectivity index (χ2n) is 6.11. The summed E-state index contributed by atoms with van der Waals surface area (Å²) in [5, 5.41) is 10.2. The molecule has 0 fully saturated rings. The van der Waals surface area contributed by atoms with Gasteiger partial charge in [-0.2, -0.15) is 0 Å². The Morgan fingerprint density at radius 3 is 2.57 bits per heavy atom. The highest BCUT2D eigenvalue weighted by Crippen LogP contribution is 2.39. The van der Waals surface area contributed by atoms with Crippen molar-refractivity contribution in [2.45, 2.75) is 32.3 Å². The molecule has 2 aromatic rings. The summed E-state index contributed by atoms with van der Waals surface area (Å²) in [6.45, 7) is 3.77. The van der Waals surface area contributed by atoms with E-state index in [0.717, 1.165) is 11.1 Å². The van der Waals surface area contributed by atoms with Crippen LogP contribution in [0.5, 0.6) is 11.5 Å². The lowest BCUT2D eigenvalue weighted by Crippen LogP contribution is -2.36. The van der Waals surface area contributed by atoms with Gasteiger partial charge in [0.05, 0.1) is 6.42 Å². The van der Waals surface area contributed by atoms with Crippen molar-refractivity contribution in [2.75, 3.05) is 0 Å². The van der Waals surface area contributed by atoms with Crippen LogP contribution in [0.2, 0.25) is 0 Å². The fourth-order valence-corrected chi connectivity index (χ4v) is 2.76. The molecule has 1 N–H and O–H groups in total. The molecule has 0 aromatic heterocycles. The molecule has 3 heteroatoms. The zero-order chi connectivity index (χ0) is 15.0. The van der Waals surface area contributed by atoms with Gasteiger partial charge in [-0.1, -0.05) is 30.3 Å². The molecule has 21 heavy (non-hydrogen) atoms. The molecule has 0 saturated heterocycles. The van der Waals surface area contributed by atoms with E-state index < -0.39 is 5.60 Å². The number of fused-ring (bicyclic) bond motifs is 1. The number of aromatic hydroxyl groups is 1. The minimum atomic E-state index is -0.526. The van der Waals surface area contributed by atoms with E-state index in [1.54, 1.807) is 6.07 Å². The first-order valence-electron chi connectivity index (χ1n) is 7.07. The zero-order valence-corrected chi connectivity index (χ0v) is 12.2. The summed E-state index contributed by atoms with van der Waals surface area (Å²) in [7, 11) is 0. The van der Waals surface area contributed by atoms with Crippen LogP contribution in [-0.2, 0) is 6.42 Å². The summed E-state index contributed by atoms with van der Waals surface area (Å²) in [5.41, 5.74) is 1.87. The Kier molecular flexibility index (Phi) is 3.20. The molecule has 0 amide bonds. The van der Waals surface area contributed by atoms with Gasteiger partial charge in [0.1, 0.15) is 22.7 Å². The fourth-order valence-electron chi connectivity index (χ4n) is 2.76. The third kappa shape index (κ3) is 2.77. The smallest absolute Gasteiger partial charge is 0.174 e. The Balaban J connectivity index is 1.99. The first-order valence-corrected chi connectivity index (χ1v) is 7.07. The highest BCUT2D eigenvalue weighted by molar-refractivity contribution is 6.02. The molecule has 3 nitrogen and oxygen atoms in total. The van der Waals surface area contributed by atoms with Crippen LogP contribution in [0.4, 0.5) is 0 Å². The minimum absolute atomic E-state index is 0.0129. The number of phenols is 1. The maximum Gasteiger partial charge on any atom is 0.174 e. The fraction of sp³-hybridized carbons (Fsp3) is 0.278. The van der Waals surface area contributed by atoms with Gasteiger partial charge in [-0.05, 0) is 43.5 Å². The number of carbonyl (C=O) groups excluding carboxylic acids is 1. The van der Waals surface area contributed by atoms with E-state index in [0.29, 0.717) is 17.7 Å². The largest absolute Gasteiger partial charge is 0.507 e. The summed E-state index contributed by atoms with van der Waals surface area (Å²) in [6.07, 6.45) is 0.977. The van der Waals surface area contributed by atoms with E-state index in [1.165, 1.54) is 0 Å². The van der Waals surface area contributed by atoms with Crippen LogP contribution in [0.15, 0.2) is 42.5 Å². The summed E-state index contributed by atoms with van der Waals surface area (Å²) >= 11 is 0. The number of phenolic OH excluding ortho intramolecular Hbond substituents is 1. The average Bonchev–Trinajstić information content (AvgIpc) is 2.37. The molecule has 1 aliphatic heterocycles. The van der Waals surface area contributed by atoms with E-state index in [-0.39, 0.29) is 18.0 Å². The van der Waals surface area contributed by atoms with Crippen molar-refractivity contribution in [3.63, 3.8) is 0 Å². The molecule has 0 saturated carbocycles. The second kappa shape index (κ2) is 4.92. The standard InChI is InChI=1S/C18H18O3/c1-18(2)11-15(20)17-14(19)9-13(10-16(17)21-18)8-12-6-4-3-5-7-12/h3-7,9-10,19H,8,11H2,1-2H3. The highest BCUT2D eigenvalue weighted by atomic mass is 16.5. The molecule has 2 aromatic carbocycles. The molecule has 108 valence electrons. The topological polar surface area (TPSA) is 46.5 Å². The van der Waals surface area contributed by atoms with Crippen molar-refractivity contribution < 1.29 is 14.6 Å². The molecule has 0 radical (unpaired) electrons.